The van der Waals surface area contributed by atoms with Crippen molar-refractivity contribution >= 4 is 23.0 Å². The minimum absolute atomic E-state index is 0.0902. The maximum Gasteiger partial charge on any atom is 0.174 e. The molecule has 0 aliphatic carbocycles. The van der Waals surface area contributed by atoms with Crippen molar-refractivity contribution in [2.75, 3.05) is 12.0 Å². The van der Waals surface area contributed by atoms with Gasteiger partial charge in [0, 0.05) is 36.5 Å². The summed E-state index contributed by atoms with van der Waals surface area (Å²) < 4.78 is 8.05. The number of thiocarbonyl (C=S) groups is 1. The number of rotatable bonds is 6. The molecule has 172 valence electrons. The molecule has 1 aliphatic rings. The van der Waals surface area contributed by atoms with Crippen LogP contribution in [-0.2, 0) is 6.54 Å². The minimum Gasteiger partial charge on any atom is -0.495 e. The molecule has 6 nitrogen and oxygen atoms in total. The number of aromatic nitrogens is 3. The normalized spacial score (nSPS) is 17.6. The quantitative estimate of drug-likeness (QED) is 0.395. The molecule has 34 heavy (non-hydrogen) atoms. The lowest BCUT2D eigenvalue weighted by molar-refractivity contribution is 0.414. The van der Waals surface area contributed by atoms with E-state index in [0.717, 1.165) is 23.7 Å². The number of pyridine rings is 2. The van der Waals surface area contributed by atoms with Crippen LogP contribution in [0.15, 0.2) is 79.3 Å². The van der Waals surface area contributed by atoms with Gasteiger partial charge in [0.15, 0.2) is 5.11 Å². The van der Waals surface area contributed by atoms with E-state index in [1.165, 1.54) is 22.5 Å². The van der Waals surface area contributed by atoms with Gasteiger partial charge in [-0.25, -0.2) is 0 Å². The number of nitrogens with one attached hydrogen (secondary N) is 1. The highest BCUT2D eigenvalue weighted by atomic mass is 32.1. The summed E-state index contributed by atoms with van der Waals surface area (Å²) in [5.41, 5.74) is 6.63. The lowest BCUT2D eigenvalue weighted by Crippen LogP contribution is -2.30. The van der Waals surface area contributed by atoms with Crippen LogP contribution in [0.2, 0.25) is 0 Å². The summed E-state index contributed by atoms with van der Waals surface area (Å²) >= 11 is 5.89. The van der Waals surface area contributed by atoms with Gasteiger partial charge in [-0.05, 0) is 73.6 Å². The van der Waals surface area contributed by atoms with Gasteiger partial charge in [-0.15, -0.1) is 0 Å². The number of hydrogen-bond acceptors (Lipinski definition) is 4. The van der Waals surface area contributed by atoms with Gasteiger partial charge in [-0.1, -0.05) is 24.3 Å². The number of anilines is 1. The van der Waals surface area contributed by atoms with E-state index in [1.54, 1.807) is 13.3 Å². The molecule has 0 unspecified atom stereocenters. The molecule has 1 aromatic carbocycles. The van der Waals surface area contributed by atoms with Gasteiger partial charge in [0.25, 0.3) is 0 Å². The van der Waals surface area contributed by atoms with E-state index in [-0.39, 0.29) is 12.1 Å². The Balaban J connectivity index is 1.64. The number of ether oxygens (including phenoxy) is 1. The number of nitrogens with zero attached hydrogens (tertiary/aromatic N) is 4. The zero-order chi connectivity index (χ0) is 23.7. The van der Waals surface area contributed by atoms with E-state index in [1.807, 2.05) is 54.9 Å². The van der Waals surface area contributed by atoms with Gasteiger partial charge in [0.1, 0.15) is 5.75 Å². The highest BCUT2D eigenvalue weighted by Gasteiger charge is 2.43. The number of methoxy groups -OCH3 is 1. The molecule has 1 aliphatic heterocycles. The third kappa shape index (κ3) is 3.92. The maximum atomic E-state index is 5.89. The van der Waals surface area contributed by atoms with Crippen LogP contribution in [0.5, 0.6) is 5.75 Å². The molecule has 1 saturated heterocycles. The number of aryl methyl sites for hydroxylation is 1. The maximum absolute atomic E-state index is 5.89. The third-order valence-electron chi connectivity index (χ3n) is 6.44. The summed E-state index contributed by atoms with van der Waals surface area (Å²) in [7, 11) is 1.69. The zero-order valence-electron chi connectivity index (χ0n) is 19.5. The lowest BCUT2D eigenvalue weighted by Gasteiger charge is -2.29. The molecule has 1 N–H and O–H groups in total. The van der Waals surface area contributed by atoms with Crippen molar-refractivity contribution in [3.05, 3.63) is 107 Å². The Kier molecular flexibility index (Phi) is 6.02. The van der Waals surface area contributed by atoms with Crippen LogP contribution in [0.25, 0.3) is 0 Å². The Hall–Kier alpha value is -3.71. The van der Waals surface area contributed by atoms with Crippen LogP contribution >= 0.6 is 12.2 Å². The minimum atomic E-state index is -0.106. The van der Waals surface area contributed by atoms with Gasteiger partial charge >= 0.3 is 0 Å². The first-order valence-corrected chi connectivity index (χ1v) is 11.7. The molecule has 0 bridgehead atoms. The number of benzene rings is 1. The van der Waals surface area contributed by atoms with Crippen LogP contribution < -0.4 is 15.0 Å². The summed E-state index contributed by atoms with van der Waals surface area (Å²) in [6.07, 6.45) is 5.55. The molecule has 1 fully saturated rings. The molecule has 2 atom stereocenters. The fourth-order valence-corrected chi connectivity index (χ4v) is 5.14. The Morgan fingerprint density at radius 1 is 1.03 bits per heavy atom. The monoisotopic (exact) mass is 469 g/mol. The van der Waals surface area contributed by atoms with Crippen LogP contribution in [0.1, 0.15) is 40.3 Å². The van der Waals surface area contributed by atoms with Crippen molar-refractivity contribution in [1.82, 2.24) is 19.9 Å². The van der Waals surface area contributed by atoms with E-state index >= 15 is 0 Å². The molecule has 7 heteroatoms. The fraction of sp³-hybridized carbons (Fsp3) is 0.222. The van der Waals surface area contributed by atoms with Gasteiger partial charge < -0.3 is 19.5 Å². The first-order valence-electron chi connectivity index (χ1n) is 11.3. The van der Waals surface area contributed by atoms with Gasteiger partial charge in [-0.3, -0.25) is 9.97 Å². The van der Waals surface area contributed by atoms with E-state index in [4.69, 9.17) is 17.0 Å². The van der Waals surface area contributed by atoms with Crippen molar-refractivity contribution in [2.45, 2.75) is 32.5 Å². The standard InChI is InChI=1S/C27H27N5OS/c1-18-15-21(19(2)31(18)17-20-9-8-13-28-16-20)26-25(22-10-6-7-14-29-22)30-27(34)32(26)23-11-4-5-12-24(23)33-3/h4-16,25-26H,17H2,1-3H3,(H,30,34)/t25-,26-/m1/s1. The summed E-state index contributed by atoms with van der Waals surface area (Å²) in [6, 6.07) is 20.2. The largest absolute Gasteiger partial charge is 0.495 e. The molecule has 0 amide bonds. The van der Waals surface area contributed by atoms with Gasteiger partial charge in [0.2, 0.25) is 0 Å². The number of para-hydroxylation sites is 2. The highest BCUT2D eigenvalue weighted by molar-refractivity contribution is 7.80. The number of hydrogen-bond donors (Lipinski definition) is 1. The zero-order valence-corrected chi connectivity index (χ0v) is 20.3. The average molecular weight is 470 g/mol. The second-order valence-electron chi connectivity index (χ2n) is 8.44. The van der Waals surface area contributed by atoms with Crippen LogP contribution in [0, 0.1) is 13.8 Å². The molecule has 0 radical (unpaired) electrons. The van der Waals surface area contributed by atoms with Crippen molar-refractivity contribution in [3.63, 3.8) is 0 Å². The van der Waals surface area contributed by atoms with Crippen molar-refractivity contribution < 1.29 is 4.74 Å². The van der Waals surface area contributed by atoms with Gasteiger partial charge in [-0.2, -0.15) is 0 Å². The first-order chi connectivity index (χ1) is 16.6. The summed E-state index contributed by atoms with van der Waals surface area (Å²) in [6.45, 7) is 5.09. The molecule has 0 spiro atoms. The molecule has 4 heterocycles. The lowest BCUT2D eigenvalue weighted by atomic mass is 9.96. The van der Waals surface area contributed by atoms with Crippen LogP contribution in [0.4, 0.5) is 5.69 Å². The molecule has 0 saturated carbocycles. The molecule has 3 aromatic heterocycles. The smallest absolute Gasteiger partial charge is 0.174 e. The third-order valence-corrected chi connectivity index (χ3v) is 6.75. The van der Waals surface area contributed by atoms with E-state index in [9.17, 15) is 0 Å². The topological polar surface area (TPSA) is 55.2 Å². The Morgan fingerprint density at radius 2 is 1.85 bits per heavy atom. The van der Waals surface area contributed by atoms with Crippen LogP contribution in [0.3, 0.4) is 0 Å². The van der Waals surface area contributed by atoms with Gasteiger partial charge in [0.05, 0.1) is 30.6 Å². The predicted octanol–water partition coefficient (Wildman–Crippen LogP) is 5.13. The van der Waals surface area contributed by atoms with Crippen molar-refractivity contribution in [3.8, 4) is 5.75 Å². The Labute approximate surface area is 205 Å². The van der Waals surface area contributed by atoms with Crippen molar-refractivity contribution in [1.29, 1.82) is 0 Å². The summed E-state index contributed by atoms with van der Waals surface area (Å²) in [5.74, 6) is 0.780. The van der Waals surface area contributed by atoms with Crippen LogP contribution in [-0.4, -0.2) is 26.8 Å². The second kappa shape index (κ2) is 9.27. The van der Waals surface area contributed by atoms with Crippen molar-refractivity contribution in [2.24, 2.45) is 0 Å². The fourth-order valence-electron chi connectivity index (χ4n) is 4.80. The molecular formula is C27H27N5OS. The summed E-state index contributed by atoms with van der Waals surface area (Å²) in [4.78, 5) is 11.1. The Bertz CT molecular complexity index is 1310. The summed E-state index contributed by atoms with van der Waals surface area (Å²) in [5, 5.41) is 4.20. The SMILES string of the molecule is COc1ccccc1N1C(=S)N[C@H](c2ccccn2)[C@H]1c1cc(C)n(Cc2cccnc2)c1C. The molecular weight excluding hydrogens is 442 g/mol. The Morgan fingerprint density at radius 3 is 2.59 bits per heavy atom. The predicted molar refractivity (Wildman–Crippen MR) is 138 cm³/mol. The molecule has 5 rings (SSSR count). The first kappa shape index (κ1) is 22.1. The van der Waals surface area contributed by atoms with E-state index in [0.29, 0.717) is 5.11 Å². The molecule has 4 aromatic rings. The van der Waals surface area contributed by atoms with E-state index < -0.39 is 0 Å². The second-order valence-corrected chi connectivity index (χ2v) is 8.83. The van der Waals surface area contributed by atoms with E-state index in [2.05, 4.69) is 56.8 Å². The average Bonchev–Trinajstić information content (AvgIpc) is 3.36. The highest BCUT2D eigenvalue weighted by Crippen LogP contribution is 2.45.